The number of hydrogen-bond acceptors (Lipinski definition) is 3. The first-order valence-electron chi connectivity index (χ1n) is 7.16. The summed E-state index contributed by atoms with van der Waals surface area (Å²) in [7, 11) is -3.68. The van der Waals surface area contributed by atoms with Crippen molar-refractivity contribution in [3.05, 3.63) is 53.1 Å². The number of carboxylic acids is 1. The predicted octanol–water partition coefficient (Wildman–Crippen LogP) is 3.78. The van der Waals surface area contributed by atoms with Crippen LogP contribution in [0.1, 0.15) is 31.1 Å². The number of nitrogens with one attached hydrogen (secondary N) is 1. The van der Waals surface area contributed by atoms with Crippen LogP contribution in [-0.2, 0) is 10.0 Å². The van der Waals surface area contributed by atoms with Crippen molar-refractivity contribution in [1.29, 1.82) is 0 Å². The zero-order valence-corrected chi connectivity index (χ0v) is 15.1. The van der Waals surface area contributed by atoms with Gasteiger partial charge in [-0.15, -0.1) is 0 Å². The fourth-order valence-corrected chi connectivity index (χ4v) is 3.88. The monoisotopic (exact) mass is 367 g/mol. The SMILES string of the molecule is CC(C)(C)NS(=O)(=O)c1cccc(-c2cc(Cl)cc(C(=O)O)c2)c1. The number of carboxylic acid groups (broad SMARTS) is 1. The third-order valence-corrected chi connectivity index (χ3v) is 5.04. The Hall–Kier alpha value is -1.89. The third kappa shape index (κ3) is 4.56. The Labute approximate surface area is 146 Å². The Morgan fingerprint density at radius 3 is 2.33 bits per heavy atom. The minimum Gasteiger partial charge on any atom is -0.478 e. The third-order valence-electron chi connectivity index (χ3n) is 3.06. The second-order valence-corrected chi connectivity index (χ2v) is 8.54. The maximum Gasteiger partial charge on any atom is 0.335 e. The van der Waals surface area contributed by atoms with Crippen LogP contribution in [0.4, 0.5) is 0 Å². The molecule has 0 spiro atoms. The minimum atomic E-state index is -3.68. The van der Waals surface area contributed by atoms with Crippen molar-refractivity contribution < 1.29 is 18.3 Å². The normalized spacial score (nSPS) is 12.2. The molecule has 0 aliphatic heterocycles. The van der Waals surface area contributed by atoms with Gasteiger partial charge in [0.1, 0.15) is 0 Å². The van der Waals surface area contributed by atoms with Crippen molar-refractivity contribution in [2.75, 3.05) is 0 Å². The lowest BCUT2D eigenvalue weighted by Crippen LogP contribution is -2.40. The van der Waals surface area contributed by atoms with E-state index in [-0.39, 0.29) is 15.5 Å². The highest BCUT2D eigenvalue weighted by Crippen LogP contribution is 2.27. The van der Waals surface area contributed by atoms with Gasteiger partial charge in [0.25, 0.3) is 0 Å². The first-order valence-corrected chi connectivity index (χ1v) is 9.02. The van der Waals surface area contributed by atoms with Gasteiger partial charge in [0.05, 0.1) is 10.5 Å². The Morgan fingerprint density at radius 2 is 1.75 bits per heavy atom. The van der Waals surface area contributed by atoms with E-state index >= 15 is 0 Å². The van der Waals surface area contributed by atoms with E-state index < -0.39 is 21.5 Å². The van der Waals surface area contributed by atoms with Gasteiger partial charge >= 0.3 is 5.97 Å². The number of hydrogen-bond donors (Lipinski definition) is 2. The van der Waals surface area contributed by atoms with Gasteiger partial charge in [0.2, 0.25) is 10.0 Å². The average Bonchev–Trinajstić information content (AvgIpc) is 2.44. The lowest BCUT2D eigenvalue weighted by Gasteiger charge is -2.20. The first-order chi connectivity index (χ1) is 11.0. The molecule has 2 N–H and O–H groups in total. The number of benzene rings is 2. The molecule has 0 atom stereocenters. The molecule has 128 valence electrons. The molecule has 0 saturated carbocycles. The maximum absolute atomic E-state index is 12.4. The van der Waals surface area contributed by atoms with Crippen LogP contribution in [0.2, 0.25) is 5.02 Å². The Bertz CT molecular complexity index is 886. The summed E-state index contributed by atoms with van der Waals surface area (Å²) in [6.07, 6.45) is 0. The standard InChI is InChI=1S/C17H18ClNO4S/c1-17(2,3)19-24(22,23)15-6-4-5-11(10-15)12-7-13(16(20)21)9-14(18)8-12/h4-10,19H,1-3H3,(H,20,21). The highest BCUT2D eigenvalue weighted by atomic mass is 35.5. The predicted molar refractivity (Wildman–Crippen MR) is 93.9 cm³/mol. The summed E-state index contributed by atoms with van der Waals surface area (Å²) in [4.78, 5) is 11.3. The van der Waals surface area contributed by atoms with E-state index in [4.69, 9.17) is 16.7 Å². The Balaban J connectivity index is 2.51. The molecule has 0 aliphatic carbocycles. The molecule has 0 bridgehead atoms. The molecule has 0 saturated heterocycles. The summed E-state index contributed by atoms with van der Waals surface area (Å²) < 4.78 is 27.5. The number of carbonyl (C=O) groups is 1. The van der Waals surface area contributed by atoms with E-state index in [0.29, 0.717) is 11.1 Å². The number of halogens is 1. The van der Waals surface area contributed by atoms with Crippen molar-refractivity contribution in [3.63, 3.8) is 0 Å². The highest BCUT2D eigenvalue weighted by molar-refractivity contribution is 7.89. The zero-order valence-electron chi connectivity index (χ0n) is 13.5. The molecular weight excluding hydrogens is 350 g/mol. The largest absolute Gasteiger partial charge is 0.478 e. The van der Waals surface area contributed by atoms with Gasteiger partial charge in [0, 0.05) is 10.6 Å². The molecule has 7 heteroatoms. The lowest BCUT2D eigenvalue weighted by atomic mass is 10.0. The van der Waals surface area contributed by atoms with Crippen molar-refractivity contribution >= 4 is 27.6 Å². The van der Waals surface area contributed by atoms with Crippen molar-refractivity contribution in [2.45, 2.75) is 31.2 Å². The van der Waals surface area contributed by atoms with Crippen molar-refractivity contribution in [1.82, 2.24) is 4.72 Å². The van der Waals surface area contributed by atoms with E-state index in [1.807, 2.05) is 0 Å². The molecule has 0 heterocycles. The van der Waals surface area contributed by atoms with Crippen LogP contribution in [0, 0.1) is 0 Å². The summed E-state index contributed by atoms with van der Waals surface area (Å²) in [5.74, 6) is -1.10. The number of aromatic carboxylic acids is 1. The van der Waals surface area contributed by atoms with Crippen LogP contribution in [0.3, 0.4) is 0 Å². The van der Waals surface area contributed by atoms with Crippen LogP contribution < -0.4 is 4.72 Å². The zero-order chi connectivity index (χ0) is 18.1. The molecule has 2 rings (SSSR count). The van der Waals surface area contributed by atoms with Gasteiger partial charge < -0.3 is 5.11 Å². The lowest BCUT2D eigenvalue weighted by molar-refractivity contribution is 0.0697. The molecule has 2 aromatic carbocycles. The number of rotatable bonds is 4. The van der Waals surface area contributed by atoms with Crippen molar-refractivity contribution in [2.24, 2.45) is 0 Å². The second-order valence-electron chi connectivity index (χ2n) is 6.42. The molecule has 0 radical (unpaired) electrons. The molecular formula is C17H18ClNO4S. The molecule has 5 nitrogen and oxygen atoms in total. The van der Waals surface area contributed by atoms with Gasteiger partial charge in [-0.25, -0.2) is 17.9 Å². The second kappa shape index (κ2) is 6.55. The van der Waals surface area contributed by atoms with Crippen LogP contribution >= 0.6 is 11.6 Å². The van der Waals surface area contributed by atoms with Crippen molar-refractivity contribution in [3.8, 4) is 11.1 Å². The van der Waals surface area contributed by atoms with E-state index in [1.54, 1.807) is 39.0 Å². The van der Waals surface area contributed by atoms with Gasteiger partial charge in [0.15, 0.2) is 0 Å². The maximum atomic E-state index is 12.4. The van der Waals surface area contributed by atoms with Crippen LogP contribution in [0.5, 0.6) is 0 Å². The molecule has 0 amide bonds. The molecule has 0 aliphatic rings. The average molecular weight is 368 g/mol. The van der Waals surface area contributed by atoms with Crippen LogP contribution in [-0.4, -0.2) is 25.0 Å². The molecule has 2 aromatic rings. The summed E-state index contributed by atoms with van der Waals surface area (Å²) in [5, 5.41) is 9.40. The fourth-order valence-electron chi connectivity index (χ4n) is 2.18. The Kier molecular flexibility index (Phi) is 5.03. The van der Waals surface area contributed by atoms with Gasteiger partial charge in [-0.3, -0.25) is 0 Å². The van der Waals surface area contributed by atoms with E-state index in [9.17, 15) is 13.2 Å². The topological polar surface area (TPSA) is 83.5 Å². The summed E-state index contributed by atoms with van der Waals surface area (Å²) in [6.45, 7) is 5.26. The number of sulfonamides is 1. The summed E-state index contributed by atoms with van der Waals surface area (Å²) in [5.41, 5.74) is 0.532. The first kappa shape index (κ1) is 18.4. The van der Waals surface area contributed by atoms with Gasteiger partial charge in [-0.1, -0.05) is 23.7 Å². The van der Waals surface area contributed by atoms with Crippen LogP contribution in [0.15, 0.2) is 47.4 Å². The molecule has 0 aromatic heterocycles. The molecule has 24 heavy (non-hydrogen) atoms. The highest BCUT2D eigenvalue weighted by Gasteiger charge is 2.22. The quantitative estimate of drug-likeness (QED) is 0.861. The van der Waals surface area contributed by atoms with E-state index in [2.05, 4.69) is 4.72 Å². The van der Waals surface area contributed by atoms with E-state index in [1.165, 1.54) is 24.3 Å². The van der Waals surface area contributed by atoms with E-state index in [0.717, 1.165) is 0 Å². The minimum absolute atomic E-state index is 0.0403. The van der Waals surface area contributed by atoms with Crippen LogP contribution in [0.25, 0.3) is 11.1 Å². The summed E-state index contributed by atoms with van der Waals surface area (Å²) in [6, 6.07) is 10.7. The van der Waals surface area contributed by atoms with Gasteiger partial charge in [-0.2, -0.15) is 0 Å². The summed E-state index contributed by atoms with van der Waals surface area (Å²) >= 11 is 5.97. The molecule has 0 fully saturated rings. The molecule has 0 unspecified atom stereocenters. The fraction of sp³-hybridized carbons (Fsp3) is 0.235. The smallest absolute Gasteiger partial charge is 0.335 e. The Morgan fingerprint density at radius 1 is 1.08 bits per heavy atom. The van der Waals surface area contributed by atoms with Gasteiger partial charge in [-0.05, 0) is 62.2 Å².